The molecule has 2 aromatic carbocycles. The molecule has 1 fully saturated rings. The maximum absolute atomic E-state index is 13.3. The van der Waals surface area contributed by atoms with E-state index in [1.807, 2.05) is 24.1 Å². The molecular formula is C28H26N2O3. The van der Waals surface area contributed by atoms with Crippen LogP contribution in [0, 0.1) is 6.92 Å². The third kappa shape index (κ3) is 3.53. The first-order valence-corrected chi connectivity index (χ1v) is 11.5. The fourth-order valence-electron chi connectivity index (χ4n) is 5.51. The number of aryl methyl sites for hydroxylation is 1. The smallest absolute Gasteiger partial charge is 0.410 e. The van der Waals surface area contributed by atoms with Gasteiger partial charge in [-0.05, 0) is 58.9 Å². The molecular weight excluding hydrogens is 412 g/mol. The molecule has 5 nitrogen and oxygen atoms in total. The van der Waals surface area contributed by atoms with E-state index in [4.69, 9.17) is 9.47 Å². The van der Waals surface area contributed by atoms with Crippen LogP contribution in [-0.2, 0) is 9.47 Å². The summed E-state index contributed by atoms with van der Waals surface area (Å²) < 4.78 is 11.8. The van der Waals surface area contributed by atoms with Crippen molar-refractivity contribution < 1.29 is 14.3 Å². The molecule has 6 rings (SSSR count). The van der Waals surface area contributed by atoms with Crippen LogP contribution in [0.2, 0.25) is 0 Å². The summed E-state index contributed by atoms with van der Waals surface area (Å²) in [5.41, 5.74) is 8.34. The Balaban J connectivity index is 1.22. The highest BCUT2D eigenvalue weighted by atomic mass is 16.6. The minimum Gasteiger partial charge on any atom is -0.448 e. The molecule has 1 aliphatic carbocycles. The van der Waals surface area contributed by atoms with Crippen LogP contribution >= 0.6 is 0 Å². The van der Waals surface area contributed by atoms with Crippen LogP contribution in [0.25, 0.3) is 16.7 Å². The lowest BCUT2D eigenvalue weighted by molar-refractivity contribution is -0.0331. The van der Waals surface area contributed by atoms with Gasteiger partial charge >= 0.3 is 6.09 Å². The number of ether oxygens (including phenoxy) is 2. The number of nitrogens with zero attached hydrogens (tertiary/aromatic N) is 2. The van der Waals surface area contributed by atoms with Crippen molar-refractivity contribution in [1.82, 2.24) is 9.88 Å². The number of fused-ring (bicyclic) bond motifs is 5. The summed E-state index contributed by atoms with van der Waals surface area (Å²) in [6, 6.07) is 20.8. The molecule has 5 heteroatoms. The molecule has 0 spiro atoms. The number of carbonyl (C=O) groups excluding carboxylic acids is 1. The Kier molecular flexibility index (Phi) is 4.99. The van der Waals surface area contributed by atoms with Gasteiger partial charge in [-0.1, -0.05) is 54.6 Å². The second-order valence-corrected chi connectivity index (χ2v) is 9.05. The Hall–Kier alpha value is -3.44. The predicted molar refractivity (Wildman–Crippen MR) is 127 cm³/mol. The van der Waals surface area contributed by atoms with Crippen LogP contribution in [0.1, 0.15) is 34.7 Å². The molecule has 0 N–H and O–H groups in total. The van der Waals surface area contributed by atoms with Crippen LogP contribution in [-0.4, -0.2) is 47.9 Å². The standard InChI is InChI=1S/C28H26N2O3/c1-18-12-19(10-11-29-18)20-13-21-15-32-16-22(14-20)30(21)28(31)33-17-27-25-8-4-2-6-23(25)24-7-3-5-9-26(24)27/h2-13,21-22,27H,14-17H2,1H3. The van der Waals surface area contributed by atoms with Crippen molar-refractivity contribution in [3.63, 3.8) is 0 Å². The van der Waals surface area contributed by atoms with Crippen LogP contribution in [0.15, 0.2) is 72.9 Å². The van der Waals surface area contributed by atoms with Crippen molar-refractivity contribution in [3.05, 3.63) is 95.3 Å². The predicted octanol–water partition coefficient (Wildman–Crippen LogP) is 5.20. The number of benzene rings is 2. The molecule has 1 aromatic heterocycles. The van der Waals surface area contributed by atoms with Gasteiger partial charge in [-0.3, -0.25) is 9.88 Å². The molecule has 1 amide bonds. The lowest BCUT2D eigenvalue weighted by Crippen LogP contribution is -2.56. The average molecular weight is 439 g/mol. The molecule has 3 heterocycles. The zero-order valence-corrected chi connectivity index (χ0v) is 18.6. The van der Waals surface area contributed by atoms with Crippen molar-refractivity contribution in [2.75, 3.05) is 19.8 Å². The number of amides is 1. The van der Waals surface area contributed by atoms with E-state index in [0.29, 0.717) is 19.8 Å². The largest absolute Gasteiger partial charge is 0.448 e. The average Bonchev–Trinajstić information content (AvgIpc) is 3.15. The lowest BCUT2D eigenvalue weighted by Gasteiger charge is -2.44. The maximum atomic E-state index is 13.3. The lowest BCUT2D eigenvalue weighted by atomic mass is 9.90. The highest BCUT2D eigenvalue weighted by Gasteiger charge is 2.39. The van der Waals surface area contributed by atoms with E-state index in [1.165, 1.54) is 33.4 Å². The van der Waals surface area contributed by atoms with Gasteiger partial charge in [-0.2, -0.15) is 0 Å². The van der Waals surface area contributed by atoms with E-state index in [2.05, 4.69) is 65.7 Å². The second-order valence-electron chi connectivity index (χ2n) is 9.05. The van der Waals surface area contributed by atoms with Crippen molar-refractivity contribution in [2.24, 2.45) is 0 Å². The van der Waals surface area contributed by atoms with Gasteiger partial charge in [0.25, 0.3) is 0 Å². The summed E-state index contributed by atoms with van der Waals surface area (Å²) in [7, 11) is 0. The minimum atomic E-state index is -0.253. The minimum absolute atomic E-state index is 0.0205. The van der Waals surface area contributed by atoms with Gasteiger partial charge in [0.15, 0.2) is 0 Å². The molecule has 3 aromatic rings. The Labute approximate surface area is 193 Å². The summed E-state index contributed by atoms with van der Waals surface area (Å²) in [4.78, 5) is 19.5. The number of pyridine rings is 1. The van der Waals surface area contributed by atoms with Gasteiger partial charge in [-0.25, -0.2) is 4.79 Å². The van der Waals surface area contributed by atoms with E-state index in [0.717, 1.165) is 12.1 Å². The van der Waals surface area contributed by atoms with E-state index in [1.54, 1.807) is 0 Å². The number of hydrogen-bond acceptors (Lipinski definition) is 4. The van der Waals surface area contributed by atoms with Crippen molar-refractivity contribution >= 4 is 11.7 Å². The molecule has 2 bridgehead atoms. The Morgan fingerprint density at radius 2 is 1.79 bits per heavy atom. The molecule has 2 aliphatic heterocycles. The zero-order valence-electron chi connectivity index (χ0n) is 18.6. The van der Waals surface area contributed by atoms with Gasteiger partial charge in [0.05, 0.1) is 25.3 Å². The highest BCUT2D eigenvalue weighted by Crippen LogP contribution is 2.44. The first-order chi connectivity index (χ1) is 16.2. The van der Waals surface area contributed by atoms with E-state index < -0.39 is 0 Å². The van der Waals surface area contributed by atoms with Gasteiger partial charge in [0.2, 0.25) is 0 Å². The normalized spacial score (nSPS) is 21.2. The number of hydrogen-bond donors (Lipinski definition) is 0. The summed E-state index contributed by atoms with van der Waals surface area (Å²) >= 11 is 0. The quantitative estimate of drug-likeness (QED) is 0.564. The Morgan fingerprint density at radius 3 is 2.48 bits per heavy atom. The molecule has 33 heavy (non-hydrogen) atoms. The van der Waals surface area contributed by atoms with E-state index in [-0.39, 0.29) is 24.1 Å². The Morgan fingerprint density at radius 1 is 1.06 bits per heavy atom. The first kappa shape index (κ1) is 20.2. The summed E-state index contributed by atoms with van der Waals surface area (Å²) in [5.74, 6) is 0.0631. The number of carbonyl (C=O) groups is 1. The molecule has 2 unspecified atom stereocenters. The summed E-state index contributed by atoms with van der Waals surface area (Å²) in [5, 5.41) is 0. The third-order valence-corrected chi connectivity index (χ3v) is 7.01. The number of aromatic nitrogens is 1. The molecule has 166 valence electrons. The third-order valence-electron chi connectivity index (χ3n) is 7.01. The van der Waals surface area contributed by atoms with Crippen molar-refractivity contribution in [3.8, 4) is 11.1 Å². The van der Waals surface area contributed by atoms with E-state index in [9.17, 15) is 4.79 Å². The number of morpholine rings is 1. The molecule has 1 saturated heterocycles. The van der Waals surface area contributed by atoms with Crippen LogP contribution < -0.4 is 0 Å². The summed E-state index contributed by atoms with van der Waals surface area (Å²) in [6.45, 7) is 3.36. The van der Waals surface area contributed by atoms with Gasteiger partial charge in [0.1, 0.15) is 6.61 Å². The SMILES string of the molecule is Cc1cc(C2=CC3COCC(C2)N3C(=O)OCC2c3ccccc3-c3ccccc32)ccn1. The van der Waals surface area contributed by atoms with Crippen LogP contribution in [0.5, 0.6) is 0 Å². The van der Waals surface area contributed by atoms with Gasteiger partial charge in [-0.15, -0.1) is 0 Å². The maximum Gasteiger partial charge on any atom is 0.410 e. The van der Waals surface area contributed by atoms with Crippen LogP contribution in [0.4, 0.5) is 4.79 Å². The molecule has 2 atom stereocenters. The van der Waals surface area contributed by atoms with Crippen molar-refractivity contribution in [1.29, 1.82) is 0 Å². The first-order valence-electron chi connectivity index (χ1n) is 11.5. The molecule has 0 radical (unpaired) electrons. The molecule has 0 saturated carbocycles. The van der Waals surface area contributed by atoms with Crippen LogP contribution in [0.3, 0.4) is 0 Å². The fraction of sp³-hybridized carbons (Fsp3) is 0.286. The monoisotopic (exact) mass is 438 g/mol. The topological polar surface area (TPSA) is 51.7 Å². The van der Waals surface area contributed by atoms with Gasteiger partial charge in [0, 0.05) is 17.8 Å². The Bertz CT molecular complexity index is 1210. The highest BCUT2D eigenvalue weighted by molar-refractivity contribution is 5.79. The second kappa shape index (κ2) is 8.16. The number of rotatable bonds is 3. The zero-order chi connectivity index (χ0) is 22.4. The van der Waals surface area contributed by atoms with E-state index >= 15 is 0 Å². The fourth-order valence-corrected chi connectivity index (χ4v) is 5.51. The van der Waals surface area contributed by atoms with Gasteiger partial charge < -0.3 is 9.47 Å². The molecule has 3 aliphatic rings. The summed E-state index contributed by atoms with van der Waals surface area (Å²) in [6.07, 6.45) is 4.50. The van der Waals surface area contributed by atoms with Crippen molar-refractivity contribution in [2.45, 2.75) is 31.3 Å².